The van der Waals surface area contributed by atoms with Gasteiger partial charge in [0, 0.05) is 7.11 Å². The van der Waals surface area contributed by atoms with Crippen LogP contribution in [0.1, 0.15) is 20.8 Å². The standard InChI is InChI=1S/C9H19NO6S/c1-9(2,3)16-8(11)10-7(5-14-4)6-15-17(10,12)13/h7,12-13H,5-6H2,1-4H3. The highest BCUT2D eigenvalue weighted by Gasteiger charge is 2.47. The Kier molecular flexibility index (Phi) is 4.26. The molecule has 0 aromatic carbocycles. The predicted octanol–water partition coefficient (Wildman–Crippen LogP) is 1.85. The molecule has 1 saturated heterocycles. The van der Waals surface area contributed by atoms with E-state index in [-0.39, 0.29) is 13.2 Å². The minimum Gasteiger partial charge on any atom is -0.443 e. The van der Waals surface area contributed by atoms with Crippen molar-refractivity contribution in [2.75, 3.05) is 20.3 Å². The van der Waals surface area contributed by atoms with Crippen molar-refractivity contribution in [3.8, 4) is 0 Å². The van der Waals surface area contributed by atoms with E-state index >= 15 is 0 Å². The fourth-order valence-electron chi connectivity index (χ4n) is 1.35. The third-order valence-corrected chi connectivity index (χ3v) is 3.35. The molecule has 0 aliphatic carbocycles. The van der Waals surface area contributed by atoms with Gasteiger partial charge in [-0.25, -0.2) is 4.79 Å². The quantitative estimate of drug-likeness (QED) is 0.795. The minimum absolute atomic E-state index is 0.00934. The van der Waals surface area contributed by atoms with Crippen molar-refractivity contribution < 1.29 is 27.6 Å². The summed E-state index contributed by atoms with van der Waals surface area (Å²) in [5.74, 6) is 0. The molecule has 0 aromatic heterocycles. The highest BCUT2D eigenvalue weighted by Crippen LogP contribution is 2.51. The first-order valence-corrected chi connectivity index (χ1v) is 6.54. The number of hydrogen-bond donors (Lipinski definition) is 2. The molecule has 7 nitrogen and oxygen atoms in total. The van der Waals surface area contributed by atoms with Crippen LogP contribution in [0.15, 0.2) is 0 Å². The van der Waals surface area contributed by atoms with E-state index in [0.717, 1.165) is 4.31 Å². The van der Waals surface area contributed by atoms with Gasteiger partial charge in [0.05, 0.1) is 19.3 Å². The second kappa shape index (κ2) is 4.99. The molecule has 0 bridgehead atoms. The Hall–Kier alpha value is -0.540. The van der Waals surface area contributed by atoms with E-state index in [0.29, 0.717) is 0 Å². The van der Waals surface area contributed by atoms with E-state index in [9.17, 15) is 13.9 Å². The smallest absolute Gasteiger partial charge is 0.424 e. The Morgan fingerprint density at radius 3 is 2.59 bits per heavy atom. The summed E-state index contributed by atoms with van der Waals surface area (Å²) in [6.45, 7) is 5.24. The fourth-order valence-corrected chi connectivity index (χ4v) is 2.54. The van der Waals surface area contributed by atoms with Crippen LogP contribution >= 0.6 is 11.1 Å². The Morgan fingerprint density at radius 1 is 1.53 bits per heavy atom. The van der Waals surface area contributed by atoms with Crippen molar-refractivity contribution in [1.29, 1.82) is 0 Å². The van der Waals surface area contributed by atoms with Crippen LogP contribution in [0.5, 0.6) is 0 Å². The second-order valence-electron chi connectivity index (χ2n) is 4.67. The molecule has 1 aliphatic rings. The molecule has 1 heterocycles. The van der Waals surface area contributed by atoms with Crippen LogP contribution in [0.4, 0.5) is 4.79 Å². The van der Waals surface area contributed by atoms with E-state index in [1.807, 2.05) is 0 Å². The summed E-state index contributed by atoms with van der Waals surface area (Å²) in [5.41, 5.74) is -0.715. The van der Waals surface area contributed by atoms with Gasteiger partial charge in [0.1, 0.15) is 5.60 Å². The van der Waals surface area contributed by atoms with Crippen LogP contribution in [-0.4, -0.2) is 51.5 Å². The molecule has 2 N–H and O–H groups in total. The SMILES string of the molecule is COCC1COS(O)(O)N1C(=O)OC(C)(C)C. The average Bonchev–Trinajstić information content (AvgIpc) is 2.39. The molecule has 1 unspecified atom stereocenters. The van der Waals surface area contributed by atoms with Crippen molar-refractivity contribution >= 4 is 17.1 Å². The first kappa shape index (κ1) is 14.5. The summed E-state index contributed by atoms with van der Waals surface area (Å²) < 4.78 is 34.8. The summed E-state index contributed by atoms with van der Waals surface area (Å²) >= 11 is -3.55. The number of amides is 1. The van der Waals surface area contributed by atoms with Gasteiger partial charge >= 0.3 is 6.09 Å². The molecule has 17 heavy (non-hydrogen) atoms. The molecule has 1 rings (SSSR count). The van der Waals surface area contributed by atoms with Crippen molar-refractivity contribution in [3.05, 3.63) is 0 Å². The lowest BCUT2D eigenvalue weighted by Crippen LogP contribution is -2.43. The molecule has 1 aliphatic heterocycles. The summed E-state index contributed by atoms with van der Waals surface area (Å²) in [6, 6.07) is -0.556. The summed E-state index contributed by atoms with van der Waals surface area (Å²) in [4.78, 5) is 11.8. The number of ether oxygens (including phenoxy) is 2. The molecule has 0 saturated carbocycles. The van der Waals surface area contributed by atoms with Gasteiger partial charge in [-0.1, -0.05) is 0 Å². The van der Waals surface area contributed by atoms with E-state index in [2.05, 4.69) is 0 Å². The van der Waals surface area contributed by atoms with Crippen LogP contribution in [0.3, 0.4) is 0 Å². The van der Waals surface area contributed by atoms with Crippen LogP contribution < -0.4 is 0 Å². The summed E-state index contributed by atoms with van der Waals surface area (Å²) in [5, 5.41) is 0. The zero-order chi connectivity index (χ0) is 13.3. The lowest BCUT2D eigenvalue weighted by molar-refractivity contribution is 0.0282. The van der Waals surface area contributed by atoms with Crippen molar-refractivity contribution in [3.63, 3.8) is 0 Å². The van der Waals surface area contributed by atoms with Crippen LogP contribution in [0, 0.1) is 0 Å². The van der Waals surface area contributed by atoms with Gasteiger partial charge in [-0.15, -0.1) is 0 Å². The molecule has 8 heteroatoms. The van der Waals surface area contributed by atoms with Crippen LogP contribution in [0.2, 0.25) is 0 Å². The number of nitrogens with zero attached hydrogens (tertiary/aromatic N) is 1. The lowest BCUT2D eigenvalue weighted by atomic mass is 10.2. The molecule has 1 atom stereocenters. The van der Waals surface area contributed by atoms with Gasteiger partial charge in [-0.3, -0.25) is 13.3 Å². The molecule has 0 spiro atoms. The van der Waals surface area contributed by atoms with E-state index in [1.165, 1.54) is 7.11 Å². The molecule has 102 valence electrons. The van der Waals surface area contributed by atoms with Crippen LogP contribution in [0.25, 0.3) is 0 Å². The van der Waals surface area contributed by atoms with Gasteiger partial charge in [0.15, 0.2) is 11.1 Å². The molecule has 1 fully saturated rings. The Labute approximate surface area is 102 Å². The van der Waals surface area contributed by atoms with Crippen molar-refractivity contribution in [1.82, 2.24) is 4.31 Å². The van der Waals surface area contributed by atoms with E-state index < -0.39 is 28.8 Å². The number of carbonyl (C=O) groups excluding carboxylic acids is 1. The van der Waals surface area contributed by atoms with Gasteiger partial charge in [-0.2, -0.15) is 4.31 Å². The maximum absolute atomic E-state index is 11.8. The predicted molar refractivity (Wildman–Crippen MR) is 62.5 cm³/mol. The molecular weight excluding hydrogens is 250 g/mol. The van der Waals surface area contributed by atoms with Crippen molar-refractivity contribution in [2.45, 2.75) is 32.4 Å². The largest absolute Gasteiger partial charge is 0.443 e. The topological polar surface area (TPSA) is 88.5 Å². The lowest BCUT2D eigenvalue weighted by Gasteiger charge is -2.33. The number of methoxy groups -OCH3 is 1. The third kappa shape index (κ3) is 3.71. The van der Waals surface area contributed by atoms with Crippen LogP contribution in [-0.2, 0) is 13.7 Å². The van der Waals surface area contributed by atoms with Crippen molar-refractivity contribution in [2.24, 2.45) is 0 Å². The molecule has 0 radical (unpaired) electrons. The highest BCUT2D eigenvalue weighted by molar-refractivity contribution is 8.18. The Balaban J connectivity index is 2.79. The van der Waals surface area contributed by atoms with Gasteiger partial charge in [0.2, 0.25) is 0 Å². The second-order valence-corrected chi connectivity index (χ2v) is 6.23. The highest BCUT2D eigenvalue weighted by atomic mass is 32.3. The van der Waals surface area contributed by atoms with Gasteiger partial charge in [0.25, 0.3) is 0 Å². The number of carbonyl (C=O) groups is 1. The fraction of sp³-hybridized carbons (Fsp3) is 0.889. The van der Waals surface area contributed by atoms with Gasteiger partial charge < -0.3 is 9.47 Å². The summed E-state index contributed by atoms with van der Waals surface area (Å²) in [7, 11) is 1.46. The molecular formula is C9H19NO6S. The Morgan fingerprint density at radius 2 is 2.12 bits per heavy atom. The van der Waals surface area contributed by atoms with E-state index in [4.69, 9.17) is 13.7 Å². The number of rotatable bonds is 2. The van der Waals surface area contributed by atoms with E-state index in [1.54, 1.807) is 20.8 Å². The maximum Gasteiger partial charge on any atom is 0.424 e. The first-order valence-electron chi connectivity index (χ1n) is 5.11. The first-order chi connectivity index (χ1) is 7.67. The number of hydrogen-bond acceptors (Lipinski definition) is 6. The zero-order valence-corrected chi connectivity index (χ0v) is 11.2. The average molecular weight is 269 g/mol. The monoisotopic (exact) mass is 269 g/mol. The normalized spacial score (nSPS) is 25.8. The molecule has 0 aromatic rings. The minimum atomic E-state index is -3.55. The zero-order valence-electron chi connectivity index (χ0n) is 10.4. The summed E-state index contributed by atoms with van der Waals surface area (Å²) in [6.07, 6.45) is -0.822. The third-order valence-electron chi connectivity index (χ3n) is 1.94. The van der Waals surface area contributed by atoms with Gasteiger partial charge in [-0.05, 0) is 20.8 Å². The maximum atomic E-state index is 11.8. The Bertz CT molecular complexity index is 290. The molecule has 1 amide bonds.